The minimum atomic E-state index is -0.172. The fourth-order valence-electron chi connectivity index (χ4n) is 1.60. The van der Waals surface area contributed by atoms with E-state index in [2.05, 4.69) is 5.32 Å². The zero-order valence-electron chi connectivity index (χ0n) is 9.11. The van der Waals surface area contributed by atoms with Crippen LogP contribution in [0.3, 0.4) is 0 Å². The first-order valence-electron chi connectivity index (χ1n) is 5.26. The first kappa shape index (κ1) is 10.9. The maximum atomic E-state index is 13.4. The van der Waals surface area contributed by atoms with Gasteiger partial charge in [0.15, 0.2) is 0 Å². The number of halogens is 1. The molecule has 2 aromatic rings. The molecule has 0 aliphatic rings. The average Bonchev–Trinajstić information content (AvgIpc) is 2.79. The first-order chi connectivity index (χ1) is 7.77. The lowest BCUT2D eigenvalue weighted by Crippen LogP contribution is -2.18. The monoisotopic (exact) mass is 219 g/mol. The molecule has 1 unspecified atom stereocenters. The van der Waals surface area contributed by atoms with E-state index in [1.54, 1.807) is 24.7 Å². The van der Waals surface area contributed by atoms with Gasteiger partial charge in [-0.3, -0.25) is 0 Å². The van der Waals surface area contributed by atoms with Crippen LogP contribution in [0, 0.1) is 5.82 Å². The van der Waals surface area contributed by atoms with Crippen molar-refractivity contribution in [1.29, 1.82) is 0 Å². The largest absolute Gasteiger partial charge is 0.472 e. The fraction of sp³-hybridized carbons (Fsp3) is 0.231. The van der Waals surface area contributed by atoms with Crippen molar-refractivity contribution < 1.29 is 8.81 Å². The van der Waals surface area contributed by atoms with Crippen LogP contribution in [0.15, 0.2) is 47.3 Å². The van der Waals surface area contributed by atoms with Crippen LogP contribution in [0.1, 0.15) is 24.1 Å². The number of furan rings is 1. The predicted octanol–water partition coefficient (Wildman–Crippen LogP) is 3.27. The molecule has 0 amide bonds. The van der Waals surface area contributed by atoms with Crippen molar-refractivity contribution >= 4 is 0 Å². The SMILES string of the molecule is CC(NCc1ccoc1)c1ccccc1F. The van der Waals surface area contributed by atoms with Gasteiger partial charge >= 0.3 is 0 Å². The van der Waals surface area contributed by atoms with Gasteiger partial charge in [0.25, 0.3) is 0 Å². The van der Waals surface area contributed by atoms with Gasteiger partial charge in [-0.05, 0) is 19.1 Å². The summed E-state index contributed by atoms with van der Waals surface area (Å²) in [7, 11) is 0. The molecular formula is C13H14FNO. The smallest absolute Gasteiger partial charge is 0.127 e. The van der Waals surface area contributed by atoms with Crippen LogP contribution in [0.2, 0.25) is 0 Å². The zero-order chi connectivity index (χ0) is 11.4. The van der Waals surface area contributed by atoms with Crippen molar-refractivity contribution in [3.8, 4) is 0 Å². The molecule has 0 aliphatic carbocycles. The summed E-state index contributed by atoms with van der Waals surface area (Å²) in [5, 5.41) is 3.24. The number of hydrogen-bond donors (Lipinski definition) is 1. The number of nitrogens with one attached hydrogen (secondary N) is 1. The van der Waals surface area contributed by atoms with E-state index in [-0.39, 0.29) is 11.9 Å². The van der Waals surface area contributed by atoms with Gasteiger partial charge in [0.1, 0.15) is 5.82 Å². The maximum Gasteiger partial charge on any atom is 0.127 e. The molecule has 0 bridgehead atoms. The Hall–Kier alpha value is -1.61. The lowest BCUT2D eigenvalue weighted by molar-refractivity contribution is 0.522. The Bertz CT molecular complexity index is 439. The Morgan fingerprint density at radius 1 is 1.31 bits per heavy atom. The molecule has 1 heterocycles. The highest BCUT2D eigenvalue weighted by molar-refractivity contribution is 5.20. The minimum absolute atomic E-state index is 0.0175. The highest BCUT2D eigenvalue weighted by Gasteiger charge is 2.09. The third-order valence-corrected chi connectivity index (χ3v) is 2.56. The van der Waals surface area contributed by atoms with Crippen LogP contribution in [-0.2, 0) is 6.54 Å². The summed E-state index contributed by atoms with van der Waals surface area (Å²) in [6.45, 7) is 2.62. The molecule has 16 heavy (non-hydrogen) atoms. The number of benzene rings is 1. The van der Waals surface area contributed by atoms with Crippen molar-refractivity contribution in [3.63, 3.8) is 0 Å². The van der Waals surface area contributed by atoms with Crippen LogP contribution < -0.4 is 5.32 Å². The lowest BCUT2D eigenvalue weighted by Gasteiger charge is -2.14. The molecule has 2 nitrogen and oxygen atoms in total. The molecule has 1 N–H and O–H groups in total. The molecule has 1 aromatic carbocycles. The molecule has 1 aromatic heterocycles. The molecule has 0 saturated heterocycles. The second-order valence-electron chi connectivity index (χ2n) is 3.76. The average molecular weight is 219 g/mol. The minimum Gasteiger partial charge on any atom is -0.472 e. The Morgan fingerprint density at radius 3 is 2.81 bits per heavy atom. The van der Waals surface area contributed by atoms with E-state index in [0.717, 1.165) is 5.56 Å². The van der Waals surface area contributed by atoms with Gasteiger partial charge in [0.2, 0.25) is 0 Å². The van der Waals surface area contributed by atoms with Crippen molar-refractivity contribution in [2.24, 2.45) is 0 Å². The van der Waals surface area contributed by atoms with E-state index in [0.29, 0.717) is 12.1 Å². The molecule has 1 atom stereocenters. The molecule has 0 saturated carbocycles. The third-order valence-electron chi connectivity index (χ3n) is 2.56. The lowest BCUT2D eigenvalue weighted by atomic mass is 10.1. The van der Waals surface area contributed by atoms with Crippen molar-refractivity contribution in [1.82, 2.24) is 5.32 Å². The van der Waals surface area contributed by atoms with Gasteiger partial charge in [-0.15, -0.1) is 0 Å². The van der Waals surface area contributed by atoms with E-state index >= 15 is 0 Å². The zero-order valence-corrected chi connectivity index (χ0v) is 9.11. The molecule has 2 rings (SSSR count). The highest BCUT2D eigenvalue weighted by Crippen LogP contribution is 2.16. The van der Waals surface area contributed by atoms with Crippen LogP contribution in [-0.4, -0.2) is 0 Å². The van der Waals surface area contributed by atoms with Crippen LogP contribution in [0.25, 0.3) is 0 Å². The molecule has 84 valence electrons. The van der Waals surface area contributed by atoms with Gasteiger partial charge < -0.3 is 9.73 Å². The first-order valence-corrected chi connectivity index (χ1v) is 5.26. The van der Waals surface area contributed by atoms with Crippen LogP contribution >= 0.6 is 0 Å². The van der Waals surface area contributed by atoms with Gasteiger partial charge in [-0.2, -0.15) is 0 Å². The Balaban J connectivity index is 1.98. The normalized spacial score (nSPS) is 12.6. The van der Waals surface area contributed by atoms with E-state index in [4.69, 9.17) is 4.42 Å². The number of hydrogen-bond acceptors (Lipinski definition) is 2. The molecule has 3 heteroatoms. The topological polar surface area (TPSA) is 25.2 Å². The summed E-state index contributed by atoms with van der Waals surface area (Å²) < 4.78 is 18.4. The predicted molar refractivity (Wildman–Crippen MR) is 60.4 cm³/mol. The molecular weight excluding hydrogens is 205 g/mol. The second-order valence-corrected chi connectivity index (χ2v) is 3.76. The van der Waals surface area contributed by atoms with Crippen molar-refractivity contribution in [2.45, 2.75) is 19.5 Å². The summed E-state index contributed by atoms with van der Waals surface area (Å²) in [5.41, 5.74) is 1.74. The van der Waals surface area contributed by atoms with Crippen molar-refractivity contribution in [3.05, 3.63) is 59.8 Å². The van der Waals surface area contributed by atoms with Crippen molar-refractivity contribution in [2.75, 3.05) is 0 Å². The molecule has 0 fully saturated rings. The van der Waals surface area contributed by atoms with Gasteiger partial charge in [-0.25, -0.2) is 4.39 Å². The van der Waals surface area contributed by atoms with E-state index in [1.165, 1.54) is 6.07 Å². The Morgan fingerprint density at radius 2 is 2.12 bits per heavy atom. The quantitative estimate of drug-likeness (QED) is 0.853. The summed E-state index contributed by atoms with van der Waals surface area (Å²) in [6, 6.07) is 8.68. The summed E-state index contributed by atoms with van der Waals surface area (Å²) >= 11 is 0. The highest BCUT2D eigenvalue weighted by atomic mass is 19.1. The van der Waals surface area contributed by atoms with E-state index in [1.807, 2.05) is 19.1 Å². The van der Waals surface area contributed by atoms with E-state index in [9.17, 15) is 4.39 Å². The molecule has 0 aliphatic heterocycles. The fourth-order valence-corrected chi connectivity index (χ4v) is 1.60. The Labute approximate surface area is 94.1 Å². The van der Waals surface area contributed by atoms with Crippen LogP contribution in [0.4, 0.5) is 4.39 Å². The third kappa shape index (κ3) is 2.49. The summed E-state index contributed by atoms with van der Waals surface area (Å²) in [4.78, 5) is 0. The Kier molecular flexibility index (Phi) is 3.37. The van der Waals surface area contributed by atoms with Gasteiger partial charge in [0.05, 0.1) is 12.5 Å². The molecule has 0 radical (unpaired) electrons. The second kappa shape index (κ2) is 4.94. The summed E-state index contributed by atoms with van der Waals surface area (Å²) in [6.07, 6.45) is 3.31. The number of rotatable bonds is 4. The van der Waals surface area contributed by atoms with Gasteiger partial charge in [0, 0.05) is 23.7 Å². The van der Waals surface area contributed by atoms with Crippen LogP contribution in [0.5, 0.6) is 0 Å². The van der Waals surface area contributed by atoms with Gasteiger partial charge in [-0.1, -0.05) is 18.2 Å². The standard InChI is InChI=1S/C13H14FNO/c1-10(12-4-2-3-5-13(12)14)15-8-11-6-7-16-9-11/h2-7,9-10,15H,8H2,1H3. The maximum absolute atomic E-state index is 13.4. The molecule has 0 spiro atoms. The summed E-state index contributed by atoms with van der Waals surface area (Å²) in [5.74, 6) is -0.172. The van der Waals surface area contributed by atoms with E-state index < -0.39 is 0 Å².